The molecule has 6 heteroatoms. The van der Waals surface area contributed by atoms with Crippen LogP contribution in [-0.2, 0) is 10.0 Å². The van der Waals surface area contributed by atoms with Crippen molar-refractivity contribution in [2.45, 2.75) is 17.9 Å². The Kier molecular flexibility index (Phi) is 5.03. The fourth-order valence-electron chi connectivity index (χ4n) is 1.91. The highest BCUT2D eigenvalue weighted by Gasteiger charge is 2.18. The van der Waals surface area contributed by atoms with E-state index in [1.807, 2.05) is 24.3 Å². The predicted octanol–water partition coefficient (Wildman–Crippen LogP) is 3.50. The van der Waals surface area contributed by atoms with Crippen LogP contribution in [0, 0.1) is 0 Å². The summed E-state index contributed by atoms with van der Waals surface area (Å²) in [5.74, 6) is 0.695. The third-order valence-electron chi connectivity index (χ3n) is 3.03. The van der Waals surface area contributed by atoms with E-state index < -0.39 is 10.0 Å². The highest BCUT2D eigenvalue weighted by molar-refractivity contribution is 9.10. The molecule has 0 radical (unpaired) electrons. The van der Waals surface area contributed by atoms with Gasteiger partial charge in [0.05, 0.1) is 12.0 Å². The first kappa shape index (κ1) is 16.0. The van der Waals surface area contributed by atoms with Crippen LogP contribution >= 0.6 is 15.9 Å². The zero-order valence-corrected chi connectivity index (χ0v) is 14.1. The molecule has 0 amide bonds. The van der Waals surface area contributed by atoms with Crippen molar-refractivity contribution in [3.8, 4) is 5.75 Å². The van der Waals surface area contributed by atoms with Gasteiger partial charge in [0, 0.05) is 10.5 Å². The van der Waals surface area contributed by atoms with Gasteiger partial charge in [-0.25, -0.2) is 13.1 Å². The van der Waals surface area contributed by atoms with E-state index in [2.05, 4.69) is 20.7 Å². The molecule has 0 spiro atoms. The van der Waals surface area contributed by atoms with E-state index in [1.54, 1.807) is 38.3 Å². The van der Waals surface area contributed by atoms with Crippen LogP contribution in [0.4, 0.5) is 0 Å². The molecule has 2 aromatic carbocycles. The van der Waals surface area contributed by atoms with E-state index in [0.717, 1.165) is 10.0 Å². The van der Waals surface area contributed by atoms with Crippen molar-refractivity contribution in [2.75, 3.05) is 7.11 Å². The second-order valence-electron chi connectivity index (χ2n) is 4.58. The van der Waals surface area contributed by atoms with Gasteiger partial charge in [0.15, 0.2) is 0 Å². The molecule has 0 saturated carbocycles. The first-order valence-corrected chi connectivity index (χ1v) is 8.62. The number of nitrogens with one attached hydrogen (secondary N) is 1. The minimum Gasteiger partial charge on any atom is -0.497 e. The Bertz CT molecular complexity index is 731. The van der Waals surface area contributed by atoms with Gasteiger partial charge in [-0.15, -0.1) is 0 Å². The van der Waals surface area contributed by atoms with Crippen LogP contribution in [0.5, 0.6) is 5.75 Å². The quantitative estimate of drug-likeness (QED) is 0.877. The van der Waals surface area contributed by atoms with Crippen LogP contribution in [-0.4, -0.2) is 15.5 Å². The van der Waals surface area contributed by atoms with Gasteiger partial charge in [0.25, 0.3) is 0 Å². The van der Waals surface area contributed by atoms with E-state index in [0.29, 0.717) is 5.75 Å². The van der Waals surface area contributed by atoms with Gasteiger partial charge in [-0.3, -0.25) is 0 Å². The number of sulfonamides is 1. The summed E-state index contributed by atoms with van der Waals surface area (Å²) < 4.78 is 33.3. The van der Waals surface area contributed by atoms with Crippen molar-refractivity contribution in [3.05, 3.63) is 58.6 Å². The smallest absolute Gasteiger partial charge is 0.241 e. The first-order valence-electron chi connectivity index (χ1n) is 6.34. The summed E-state index contributed by atoms with van der Waals surface area (Å²) in [5, 5.41) is 0. The summed E-state index contributed by atoms with van der Waals surface area (Å²) in [7, 11) is -1.99. The molecule has 0 aromatic heterocycles. The zero-order valence-electron chi connectivity index (χ0n) is 11.7. The van der Waals surface area contributed by atoms with E-state index >= 15 is 0 Å². The molecule has 0 aliphatic rings. The standard InChI is InChI=1S/C15H16BrNO3S/c1-11(12-5-3-7-14(9-12)20-2)17-21(18,19)15-8-4-6-13(16)10-15/h3-11,17H,1-2H3. The summed E-state index contributed by atoms with van der Waals surface area (Å²) in [6.45, 7) is 1.80. The van der Waals surface area contributed by atoms with E-state index in [9.17, 15) is 8.42 Å². The maximum Gasteiger partial charge on any atom is 0.241 e. The lowest BCUT2D eigenvalue weighted by Gasteiger charge is -2.15. The summed E-state index contributed by atoms with van der Waals surface area (Å²) in [5.41, 5.74) is 0.841. The molecule has 0 bridgehead atoms. The minimum atomic E-state index is -3.57. The molecular formula is C15H16BrNO3S. The lowest BCUT2D eigenvalue weighted by Crippen LogP contribution is -2.26. The molecule has 112 valence electrons. The van der Waals surface area contributed by atoms with Crippen LogP contribution in [0.3, 0.4) is 0 Å². The average Bonchev–Trinajstić information content (AvgIpc) is 2.47. The second kappa shape index (κ2) is 6.60. The van der Waals surface area contributed by atoms with Crippen molar-refractivity contribution in [3.63, 3.8) is 0 Å². The molecule has 2 rings (SSSR count). The van der Waals surface area contributed by atoms with Crippen LogP contribution < -0.4 is 9.46 Å². The van der Waals surface area contributed by atoms with Gasteiger partial charge >= 0.3 is 0 Å². The number of ether oxygens (including phenoxy) is 1. The molecule has 1 unspecified atom stereocenters. The molecule has 0 heterocycles. The molecule has 0 aliphatic heterocycles. The number of methoxy groups -OCH3 is 1. The van der Waals surface area contributed by atoms with Gasteiger partial charge in [-0.2, -0.15) is 0 Å². The van der Waals surface area contributed by atoms with Crippen LogP contribution in [0.1, 0.15) is 18.5 Å². The third kappa shape index (κ3) is 4.06. The highest BCUT2D eigenvalue weighted by atomic mass is 79.9. The van der Waals surface area contributed by atoms with Crippen LogP contribution in [0.25, 0.3) is 0 Å². The molecule has 21 heavy (non-hydrogen) atoms. The number of benzene rings is 2. The third-order valence-corrected chi connectivity index (χ3v) is 5.06. The molecule has 1 N–H and O–H groups in total. The highest BCUT2D eigenvalue weighted by Crippen LogP contribution is 2.22. The van der Waals surface area contributed by atoms with Crippen molar-refractivity contribution in [1.29, 1.82) is 0 Å². The molecule has 2 aromatic rings. The average molecular weight is 370 g/mol. The number of rotatable bonds is 5. The fraction of sp³-hybridized carbons (Fsp3) is 0.200. The number of halogens is 1. The SMILES string of the molecule is COc1cccc(C(C)NS(=O)(=O)c2cccc(Br)c2)c1. The Morgan fingerprint density at radius 2 is 1.86 bits per heavy atom. The van der Waals surface area contributed by atoms with Gasteiger partial charge in [0.2, 0.25) is 10.0 Å². The first-order chi connectivity index (χ1) is 9.92. The predicted molar refractivity (Wildman–Crippen MR) is 85.9 cm³/mol. The van der Waals surface area contributed by atoms with E-state index in [1.165, 1.54) is 0 Å². The van der Waals surface area contributed by atoms with Gasteiger partial charge in [0.1, 0.15) is 5.75 Å². The maximum atomic E-state index is 12.4. The summed E-state index contributed by atoms with van der Waals surface area (Å²) >= 11 is 3.28. The Morgan fingerprint density at radius 3 is 2.52 bits per heavy atom. The van der Waals surface area contributed by atoms with Crippen LogP contribution in [0.2, 0.25) is 0 Å². The van der Waals surface area contributed by atoms with Crippen molar-refractivity contribution < 1.29 is 13.2 Å². The van der Waals surface area contributed by atoms with Crippen molar-refractivity contribution in [2.24, 2.45) is 0 Å². The fourth-order valence-corrected chi connectivity index (χ4v) is 3.74. The van der Waals surface area contributed by atoms with Gasteiger partial charge < -0.3 is 4.74 Å². The molecule has 0 fully saturated rings. The van der Waals surface area contributed by atoms with Crippen molar-refractivity contribution >= 4 is 26.0 Å². The summed E-state index contributed by atoms with van der Waals surface area (Å²) in [6, 6.07) is 13.6. The zero-order chi connectivity index (χ0) is 15.5. The summed E-state index contributed by atoms with van der Waals surface area (Å²) in [4.78, 5) is 0.228. The van der Waals surface area contributed by atoms with E-state index in [-0.39, 0.29) is 10.9 Å². The Balaban J connectivity index is 2.23. The topological polar surface area (TPSA) is 55.4 Å². The number of hydrogen-bond acceptors (Lipinski definition) is 3. The maximum absolute atomic E-state index is 12.4. The van der Waals surface area contributed by atoms with Gasteiger partial charge in [-0.1, -0.05) is 34.1 Å². The number of hydrogen-bond donors (Lipinski definition) is 1. The normalized spacial score (nSPS) is 12.9. The molecule has 1 atom stereocenters. The minimum absolute atomic E-state index is 0.228. The lowest BCUT2D eigenvalue weighted by molar-refractivity contribution is 0.413. The van der Waals surface area contributed by atoms with Crippen LogP contribution in [0.15, 0.2) is 57.9 Å². The second-order valence-corrected chi connectivity index (χ2v) is 7.21. The lowest BCUT2D eigenvalue weighted by atomic mass is 10.1. The summed E-state index contributed by atoms with van der Waals surface area (Å²) in [6.07, 6.45) is 0. The Labute approximate surface area is 133 Å². The van der Waals surface area contributed by atoms with Gasteiger partial charge in [-0.05, 0) is 42.8 Å². The van der Waals surface area contributed by atoms with Crippen molar-refractivity contribution in [1.82, 2.24) is 4.72 Å². The largest absolute Gasteiger partial charge is 0.497 e. The monoisotopic (exact) mass is 369 g/mol. The molecule has 4 nitrogen and oxygen atoms in total. The van der Waals surface area contributed by atoms with E-state index in [4.69, 9.17) is 4.74 Å². The molecule has 0 aliphatic carbocycles. The molecule has 0 saturated heterocycles. The molecular weight excluding hydrogens is 354 g/mol. The Hall–Kier alpha value is -1.37. The Morgan fingerprint density at radius 1 is 1.14 bits per heavy atom.